The van der Waals surface area contributed by atoms with Gasteiger partial charge in [0.25, 0.3) is 0 Å². The summed E-state index contributed by atoms with van der Waals surface area (Å²) in [6.07, 6.45) is -3.07. The fourth-order valence-corrected chi connectivity index (χ4v) is 2.12. The number of aromatic nitrogens is 1. The Morgan fingerprint density at radius 3 is 2.67 bits per heavy atom. The molecule has 0 atom stereocenters. The monoisotopic (exact) mass is 384 g/mol. The van der Waals surface area contributed by atoms with Crippen LogP contribution in [0.15, 0.2) is 47.6 Å². The number of aliphatic imine (C=N–C) groups is 1. The lowest BCUT2D eigenvalue weighted by atomic mass is 10.2. The van der Waals surface area contributed by atoms with Crippen LogP contribution in [0.1, 0.15) is 18.1 Å². The molecule has 0 amide bonds. The molecule has 1 aromatic carbocycles. The molecule has 0 radical (unpaired) electrons. The lowest BCUT2D eigenvalue weighted by Gasteiger charge is -2.12. The van der Waals surface area contributed by atoms with Crippen molar-refractivity contribution in [3.05, 3.63) is 59.5 Å². The highest BCUT2D eigenvalue weighted by Crippen LogP contribution is 2.17. The van der Waals surface area contributed by atoms with Crippen LogP contribution in [0.5, 0.6) is 5.88 Å². The molecule has 0 aliphatic rings. The summed E-state index contributed by atoms with van der Waals surface area (Å²) in [5, 5.41) is 6.03. The van der Waals surface area contributed by atoms with Crippen LogP contribution >= 0.6 is 0 Å². The SMILES string of the molecule is CCNC(=NCc1ccnc(OCC(F)(F)F)c1)NCc1ccccc1F. The molecule has 2 aromatic rings. The van der Waals surface area contributed by atoms with Crippen LogP contribution in [-0.2, 0) is 13.1 Å². The Bertz CT molecular complexity index is 765. The largest absolute Gasteiger partial charge is 0.468 e. The van der Waals surface area contributed by atoms with Crippen molar-refractivity contribution in [2.24, 2.45) is 4.99 Å². The number of halogens is 4. The second kappa shape index (κ2) is 9.75. The van der Waals surface area contributed by atoms with Crippen molar-refractivity contribution in [2.45, 2.75) is 26.2 Å². The van der Waals surface area contributed by atoms with E-state index in [9.17, 15) is 17.6 Å². The Morgan fingerprint density at radius 1 is 1.19 bits per heavy atom. The number of rotatable bonds is 7. The number of nitrogens with zero attached hydrogens (tertiary/aromatic N) is 2. The molecule has 27 heavy (non-hydrogen) atoms. The number of hydrogen-bond acceptors (Lipinski definition) is 3. The first-order valence-electron chi connectivity index (χ1n) is 8.27. The van der Waals surface area contributed by atoms with Gasteiger partial charge in [0.05, 0.1) is 6.54 Å². The maximum absolute atomic E-state index is 13.7. The minimum absolute atomic E-state index is 0.121. The summed E-state index contributed by atoms with van der Waals surface area (Å²) >= 11 is 0. The first-order chi connectivity index (χ1) is 12.9. The molecule has 0 aliphatic carbocycles. The molecule has 146 valence electrons. The Morgan fingerprint density at radius 2 is 1.96 bits per heavy atom. The first kappa shape index (κ1) is 20.5. The maximum Gasteiger partial charge on any atom is 0.422 e. The number of pyridine rings is 1. The highest BCUT2D eigenvalue weighted by atomic mass is 19.4. The summed E-state index contributed by atoms with van der Waals surface area (Å²) in [7, 11) is 0. The zero-order valence-corrected chi connectivity index (χ0v) is 14.7. The molecular weight excluding hydrogens is 364 g/mol. The van der Waals surface area contributed by atoms with Gasteiger partial charge in [-0.1, -0.05) is 18.2 Å². The molecule has 0 fully saturated rings. The van der Waals surface area contributed by atoms with E-state index in [1.807, 2.05) is 6.92 Å². The van der Waals surface area contributed by atoms with Crippen molar-refractivity contribution in [1.82, 2.24) is 15.6 Å². The van der Waals surface area contributed by atoms with Crippen molar-refractivity contribution in [1.29, 1.82) is 0 Å². The van der Waals surface area contributed by atoms with Crippen molar-refractivity contribution in [2.75, 3.05) is 13.2 Å². The van der Waals surface area contributed by atoms with E-state index in [4.69, 9.17) is 0 Å². The number of hydrogen-bond donors (Lipinski definition) is 2. The van der Waals surface area contributed by atoms with Crippen LogP contribution < -0.4 is 15.4 Å². The van der Waals surface area contributed by atoms with Crippen molar-refractivity contribution < 1.29 is 22.3 Å². The molecule has 0 unspecified atom stereocenters. The Kier molecular flexibility index (Phi) is 7.39. The molecule has 0 spiro atoms. The third-order valence-electron chi connectivity index (χ3n) is 3.35. The second-order valence-electron chi connectivity index (χ2n) is 5.55. The average molecular weight is 384 g/mol. The van der Waals surface area contributed by atoms with E-state index in [2.05, 4.69) is 25.3 Å². The minimum atomic E-state index is -4.43. The highest BCUT2D eigenvalue weighted by Gasteiger charge is 2.28. The van der Waals surface area contributed by atoms with Crippen LogP contribution in [0.2, 0.25) is 0 Å². The smallest absolute Gasteiger partial charge is 0.422 e. The lowest BCUT2D eigenvalue weighted by molar-refractivity contribution is -0.154. The predicted octanol–water partition coefficient (Wildman–Crippen LogP) is 3.42. The van der Waals surface area contributed by atoms with Crippen LogP contribution in [0.3, 0.4) is 0 Å². The third-order valence-corrected chi connectivity index (χ3v) is 3.35. The van der Waals surface area contributed by atoms with Gasteiger partial charge >= 0.3 is 6.18 Å². The van der Waals surface area contributed by atoms with Crippen molar-refractivity contribution in [3.8, 4) is 5.88 Å². The minimum Gasteiger partial charge on any atom is -0.468 e. The lowest BCUT2D eigenvalue weighted by Crippen LogP contribution is -2.37. The van der Waals surface area contributed by atoms with E-state index >= 15 is 0 Å². The van der Waals surface area contributed by atoms with E-state index < -0.39 is 12.8 Å². The number of alkyl halides is 3. The van der Waals surface area contributed by atoms with Crippen LogP contribution in [0, 0.1) is 5.82 Å². The zero-order valence-electron chi connectivity index (χ0n) is 14.7. The van der Waals surface area contributed by atoms with Crippen molar-refractivity contribution in [3.63, 3.8) is 0 Å². The van der Waals surface area contributed by atoms with Crippen molar-refractivity contribution >= 4 is 5.96 Å². The molecule has 0 bridgehead atoms. The van der Waals surface area contributed by atoms with Gasteiger partial charge in [-0.05, 0) is 24.6 Å². The van der Waals surface area contributed by atoms with E-state index in [0.717, 1.165) is 0 Å². The summed E-state index contributed by atoms with van der Waals surface area (Å²) in [4.78, 5) is 8.09. The molecule has 0 saturated heterocycles. The van der Waals surface area contributed by atoms with E-state index in [-0.39, 0.29) is 24.8 Å². The van der Waals surface area contributed by atoms with Crippen LogP contribution in [0.25, 0.3) is 0 Å². The standard InChI is InChI=1S/C18H20F4N4O/c1-2-23-17(26-11-14-5-3-4-6-15(14)19)25-10-13-7-8-24-16(9-13)27-12-18(20,21)22/h3-9H,2,10-12H2,1H3,(H2,23,25,26). The maximum atomic E-state index is 13.7. The Labute approximate surface area is 154 Å². The topological polar surface area (TPSA) is 58.5 Å². The molecule has 1 heterocycles. The van der Waals surface area contributed by atoms with E-state index in [1.54, 1.807) is 24.3 Å². The van der Waals surface area contributed by atoms with Gasteiger partial charge < -0.3 is 15.4 Å². The van der Waals surface area contributed by atoms with Gasteiger partial charge in [0.1, 0.15) is 5.82 Å². The van der Waals surface area contributed by atoms with Gasteiger partial charge in [0.2, 0.25) is 5.88 Å². The number of benzene rings is 1. The zero-order chi connectivity index (χ0) is 19.7. The fraction of sp³-hybridized carbons (Fsp3) is 0.333. The number of ether oxygens (including phenoxy) is 1. The van der Waals surface area contributed by atoms with Gasteiger partial charge in [-0.15, -0.1) is 0 Å². The van der Waals surface area contributed by atoms with Gasteiger partial charge in [-0.25, -0.2) is 14.4 Å². The quantitative estimate of drug-likeness (QED) is 0.436. The Hall–Kier alpha value is -2.84. The number of guanidine groups is 1. The third kappa shape index (κ3) is 7.51. The summed E-state index contributed by atoms with van der Waals surface area (Å²) < 4.78 is 55.0. The average Bonchev–Trinajstić information content (AvgIpc) is 2.63. The molecule has 0 saturated carbocycles. The second-order valence-corrected chi connectivity index (χ2v) is 5.55. The van der Waals surface area contributed by atoms with E-state index in [0.29, 0.717) is 23.6 Å². The summed E-state index contributed by atoms with van der Waals surface area (Å²) in [6, 6.07) is 9.42. The summed E-state index contributed by atoms with van der Waals surface area (Å²) in [5.41, 5.74) is 1.13. The molecule has 0 aliphatic heterocycles. The predicted molar refractivity (Wildman–Crippen MR) is 93.8 cm³/mol. The first-order valence-corrected chi connectivity index (χ1v) is 8.27. The van der Waals surface area contributed by atoms with Crippen LogP contribution in [0.4, 0.5) is 17.6 Å². The van der Waals surface area contributed by atoms with Crippen LogP contribution in [-0.4, -0.2) is 30.3 Å². The molecule has 9 heteroatoms. The van der Waals surface area contributed by atoms with Gasteiger partial charge in [-0.2, -0.15) is 13.2 Å². The molecule has 2 rings (SSSR count). The Balaban J connectivity index is 1.98. The molecule has 1 aromatic heterocycles. The summed E-state index contributed by atoms with van der Waals surface area (Å²) in [6.45, 7) is 1.51. The van der Waals surface area contributed by atoms with Gasteiger partial charge in [0, 0.05) is 30.9 Å². The summed E-state index contributed by atoms with van der Waals surface area (Å²) in [5.74, 6) is 0.0149. The molecule has 5 nitrogen and oxygen atoms in total. The molecule has 2 N–H and O–H groups in total. The fourth-order valence-electron chi connectivity index (χ4n) is 2.12. The highest BCUT2D eigenvalue weighted by molar-refractivity contribution is 5.79. The van der Waals surface area contributed by atoms with Gasteiger partial charge in [-0.3, -0.25) is 0 Å². The molecular formula is C18H20F4N4O. The van der Waals surface area contributed by atoms with Gasteiger partial charge in [0.15, 0.2) is 12.6 Å². The normalized spacial score (nSPS) is 12.0. The van der Waals surface area contributed by atoms with E-state index in [1.165, 1.54) is 18.3 Å². The number of nitrogens with one attached hydrogen (secondary N) is 2.